The molecule has 0 aliphatic rings. The van der Waals surface area contributed by atoms with E-state index < -0.39 is 46.9 Å². The fourth-order valence-electron chi connectivity index (χ4n) is 9.47. The van der Waals surface area contributed by atoms with Gasteiger partial charge in [0.1, 0.15) is 46.2 Å². The maximum atomic E-state index is 15.9. The molecule has 496 valence electrons. The van der Waals surface area contributed by atoms with Crippen molar-refractivity contribution >= 4 is 28.6 Å². The highest BCUT2D eigenvalue weighted by Crippen LogP contribution is 2.45. The van der Waals surface area contributed by atoms with Crippen molar-refractivity contribution in [2.45, 2.75) is 136 Å². The van der Waals surface area contributed by atoms with Crippen molar-refractivity contribution < 1.29 is 61.1 Å². The highest BCUT2D eigenvalue weighted by atomic mass is 28.4. The Morgan fingerprint density at radius 1 is 0.347 bits per heavy atom. The largest absolute Gasteiger partial charge is 0.485 e. The molecule has 95 heavy (non-hydrogen) atoms. The molecule has 0 amide bonds. The molecular formula is C80H90O13Si2. The van der Waals surface area contributed by atoms with Crippen molar-refractivity contribution in [1.29, 1.82) is 0 Å². The van der Waals surface area contributed by atoms with Gasteiger partial charge in [0.05, 0.1) is 30.9 Å². The number of esters is 2. The molecule has 0 aliphatic heterocycles. The fraction of sp³-hybridized carbons (Fsp3) is 0.300. The molecule has 9 aromatic rings. The second kappa shape index (κ2) is 32.9. The van der Waals surface area contributed by atoms with Gasteiger partial charge in [-0.3, -0.25) is 0 Å². The first-order chi connectivity index (χ1) is 45.6. The molecule has 0 saturated carbocycles. The van der Waals surface area contributed by atoms with E-state index >= 15 is 9.59 Å². The fourth-order valence-corrected chi connectivity index (χ4v) is 11.5. The minimum atomic E-state index is -2.68. The monoisotopic (exact) mass is 1310 g/mol. The van der Waals surface area contributed by atoms with Gasteiger partial charge in [-0.15, -0.1) is 0 Å². The molecule has 13 nitrogen and oxygen atoms in total. The quantitative estimate of drug-likeness (QED) is 0.0285. The third-order valence-corrected chi connectivity index (χ3v) is 26.4. The van der Waals surface area contributed by atoms with Crippen LogP contribution in [0.2, 0.25) is 36.3 Å². The number of carbonyl (C=O) groups is 2. The van der Waals surface area contributed by atoms with Crippen LogP contribution in [-0.2, 0) is 69.3 Å². The summed E-state index contributed by atoms with van der Waals surface area (Å²) >= 11 is 0. The van der Waals surface area contributed by atoms with E-state index in [1.807, 2.05) is 212 Å². The van der Waals surface area contributed by atoms with Gasteiger partial charge in [0.2, 0.25) is 11.5 Å². The van der Waals surface area contributed by atoms with Crippen LogP contribution in [0.4, 0.5) is 0 Å². The summed E-state index contributed by atoms with van der Waals surface area (Å²) in [6.45, 7) is 21.7. The van der Waals surface area contributed by atoms with Gasteiger partial charge in [-0.1, -0.05) is 254 Å². The van der Waals surface area contributed by atoms with E-state index in [2.05, 4.69) is 67.7 Å². The molecule has 9 rings (SSSR count). The second-order valence-corrected chi connectivity index (χ2v) is 36.3. The molecule has 0 heterocycles. The van der Waals surface area contributed by atoms with Gasteiger partial charge in [-0.25, -0.2) is 9.59 Å². The van der Waals surface area contributed by atoms with E-state index in [1.165, 1.54) is 0 Å². The molecule has 0 N–H and O–H groups in total. The normalized spacial score (nSPS) is 12.3. The Hall–Kier alpha value is -8.97. The minimum absolute atomic E-state index is 0.0433. The molecule has 9 aromatic carbocycles. The van der Waals surface area contributed by atoms with Crippen molar-refractivity contribution in [3.05, 3.63) is 287 Å². The van der Waals surface area contributed by atoms with Crippen LogP contribution in [0.3, 0.4) is 0 Å². The first-order valence-electron chi connectivity index (χ1n) is 32.3. The van der Waals surface area contributed by atoms with Crippen LogP contribution in [0.15, 0.2) is 237 Å². The van der Waals surface area contributed by atoms with Crippen molar-refractivity contribution in [3.8, 4) is 34.5 Å². The zero-order valence-corrected chi connectivity index (χ0v) is 58.5. The number of benzene rings is 9. The lowest BCUT2D eigenvalue weighted by atomic mass is 9.98. The van der Waals surface area contributed by atoms with E-state index in [0.29, 0.717) is 5.75 Å². The highest BCUT2D eigenvalue weighted by Gasteiger charge is 2.50. The Labute approximate surface area is 563 Å². The first-order valence-corrected chi connectivity index (χ1v) is 38.2. The lowest BCUT2D eigenvalue weighted by Gasteiger charge is -2.46. The third kappa shape index (κ3) is 20.3. The predicted molar refractivity (Wildman–Crippen MR) is 377 cm³/mol. The van der Waals surface area contributed by atoms with Crippen LogP contribution >= 0.6 is 0 Å². The Morgan fingerprint density at radius 3 is 0.874 bits per heavy atom. The molecule has 1 atom stereocenters. The summed E-state index contributed by atoms with van der Waals surface area (Å²) in [7, 11) is -5.36. The third-order valence-electron chi connectivity index (χ3n) is 17.5. The smallest absolute Gasteiger partial charge is 0.338 e. The standard InChI is InChI=1S/C80H90O13Si2/c1-78(2,3)94(7,8)91-58-80(59-92-95(9,10)79(4,5)6,90-56-66-44-30-17-31-45-66)73(93-77(82)68-48-71(85-52-62-36-22-13-23-37-62)75(88-55-65-42-28-16-29-43-65)72(49-68)86-53-63-38-24-14-25-39-63)57-89-76(81)67-46-69(83-50-60-32-18-11-19-33-60)74(87-54-64-40-26-15-27-41-64)70(47-67)84-51-61-34-20-12-21-35-61/h11-49,73H,50-59H2,1-10H3. The lowest BCUT2D eigenvalue weighted by Crippen LogP contribution is -2.60. The Morgan fingerprint density at radius 2 is 0.600 bits per heavy atom. The molecule has 0 saturated heterocycles. The summed E-state index contributed by atoms with van der Waals surface area (Å²) in [5.74, 6) is -0.0856. The van der Waals surface area contributed by atoms with Gasteiger partial charge in [0, 0.05) is 0 Å². The molecule has 0 spiro atoms. The molecule has 0 radical (unpaired) electrons. The summed E-state index contributed by atoms with van der Waals surface area (Å²) in [6, 6.07) is 74.6. The minimum Gasteiger partial charge on any atom is -0.485 e. The molecular weight excluding hydrogens is 1230 g/mol. The maximum Gasteiger partial charge on any atom is 0.338 e. The summed E-state index contributed by atoms with van der Waals surface area (Å²) in [5, 5.41) is -0.545. The van der Waals surface area contributed by atoms with Gasteiger partial charge in [0.25, 0.3) is 0 Å². The van der Waals surface area contributed by atoms with Crippen molar-refractivity contribution in [2.24, 2.45) is 0 Å². The molecule has 0 fully saturated rings. The number of carbonyl (C=O) groups excluding carboxylic acids is 2. The zero-order valence-electron chi connectivity index (χ0n) is 56.5. The van der Waals surface area contributed by atoms with Crippen molar-refractivity contribution in [2.75, 3.05) is 19.8 Å². The van der Waals surface area contributed by atoms with Gasteiger partial charge in [0.15, 0.2) is 51.3 Å². The van der Waals surface area contributed by atoms with Crippen molar-refractivity contribution in [3.63, 3.8) is 0 Å². The van der Waals surface area contributed by atoms with Crippen molar-refractivity contribution in [1.82, 2.24) is 0 Å². The van der Waals surface area contributed by atoms with E-state index in [9.17, 15) is 0 Å². The zero-order chi connectivity index (χ0) is 67.3. The van der Waals surface area contributed by atoms with Gasteiger partial charge in [-0.05, 0) is 99.5 Å². The van der Waals surface area contributed by atoms with Crippen LogP contribution in [-0.4, -0.2) is 60.1 Å². The van der Waals surface area contributed by atoms with Crippen LogP contribution in [0.25, 0.3) is 0 Å². The average Bonchev–Trinajstić information content (AvgIpc) is 0.819. The number of hydrogen-bond acceptors (Lipinski definition) is 13. The summed E-state index contributed by atoms with van der Waals surface area (Å²) < 4.78 is 75.4. The number of rotatable bonds is 33. The average molecular weight is 1320 g/mol. The van der Waals surface area contributed by atoms with Crippen LogP contribution in [0.5, 0.6) is 34.5 Å². The summed E-state index contributed by atoms with van der Waals surface area (Å²) in [4.78, 5) is 31.4. The molecule has 0 aromatic heterocycles. The molecule has 1 unspecified atom stereocenters. The van der Waals surface area contributed by atoms with Gasteiger partial charge < -0.3 is 51.5 Å². The SMILES string of the molecule is CC(C)(C)[Si](C)(C)OCC(CO[Si](C)(C)C(C)(C)C)(OCc1ccccc1)C(COC(=O)c1cc(OCc2ccccc2)c(OCc2ccccc2)c(OCc2ccccc2)c1)OC(=O)c1cc(OCc2ccccc2)c(OCc2ccccc2)c(OCc2ccccc2)c1. The Balaban J connectivity index is 1.18. The second-order valence-electron chi connectivity index (χ2n) is 26.7. The Bertz CT molecular complexity index is 3670. The van der Waals surface area contributed by atoms with E-state index in [4.69, 9.17) is 51.5 Å². The molecule has 0 bridgehead atoms. The topological polar surface area (TPSA) is 136 Å². The Kier molecular flexibility index (Phi) is 24.4. The lowest BCUT2D eigenvalue weighted by molar-refractivity contribution is -0.181. The van der Waals surface area contributed by atoms with E-state index in [0.717, 1.165) is 38.9 Å². The molecule has 0 aliphatic carbocycles. The van der Waals surface area contributed by atoms with Crippen LogP contribution < -0.4 is 28.4 Å². The van der Waals surface area contributed by atoms with Crippen LogP contribution in [0.1, 0.15) is 101 Å². The van der Waals surface area contributed by atoms with Gasteiger partial charge in [-0.2, -0.15) is 0 Å². The maximum absolute atomic E-state index is 15.9. The summed E-state index contributed by atoms with van der Waals surface area (Å²) in [5.41, 5.74) is 4.66. The molecule has 15 heteroatoms. The van der Waals surface area contributed by atoms with Gasteiger partial charge >= 0.3 is 11.9 Å². The number of ether oxygens (including phenoxy) is 9. The first kappa shape index (κ1) is 70.4. The van der Waals surface area contributed by atoms with Crippen LogP contribution in [0, 0.1) is 0 Å². The van der Waals surface area contributed by atoms with E-state index in [1.54, 1.807) is 24.3 Å². The predicted octanol–water partition coefficient (Wildman–Crippen LogP) is 18.5. The van der Waals surface area contributed by atoms with E-state index in [-0.39, 0.29) is 109 Å². The summed E-state index contributed by atoms with van der Waals surface area (Å²) in [6.07, 6.45) is -1.43. The number of hydrogen-bond donors (Lipinski definition) is 0. The highest BCUT2D eigenvalue weighted by molar-refractivity contribution is 6.74.